The third-order valence-corrected chi connectivity index (χ3v) is 6.63. The lowest BCUT2D eigenvalue weighted by Gasteiger charge is -2.20. The number of methoxy groups -OCH3 is 1. The summed E-state index contributed by atoms with van der Waals surface area (Å²) in [5.74, 6) is 0.793. The molecule has 0 amide bonds. The number of pyridine rings is 1. The molecule has 3 aromatic rings. The molecule has 1 fully saturated rings. The van der Waals surface area contributed by atoms with Gasteiger partial charge in [-0.3, -0.25) is 9.13 Å². The van der Waals surface area contributed by atoms with Crippen molar-refractivity contribution >= 4 is 36.9 Å². The van der Waals surface area contributed by atoms with Crippen molar-refractivity contribution in [2.45, 2.75) is 31.8 Å². The number of hydrogen-bond acceptors (Lipinski definition) is 6. The number of ether oxygens (including phenoxy) is 2. The standard InChI is InChI=1S/C21H24BrN3O5S/c1-4-30-19-9-13(5-8-18(19)29-2)17(12-31(3,27)28)25-20-16(10-14(22)11-23-20)24(21(25)26)15-6-7-15/h5,8-11,15,17H,4,6-7,12H2,1-3H3. The molecule has 0 aliphatic heterocycles. The van der Waals surface area contributed by atoms with Gasteiger partial charge < -0.3 is 9.47 Å². The van der Waals surface area contributed by atoms with Gasteiger partial charge in [0.15, 0.2) is 17.1 Å². The molecule has 8 nitrogen and oxygen atoms in total. The summed E-state index contributed by atoms with van der Waals surface area (Å²) in [4.78, 5) is 18.0. The van der Waals surface area contributed by atoms with Crippen LogP contribution in [-0.4, -0.2) is 48.3 Å². The molecule has 0 N–H and O–H groups in total. The molecule has 2 heterocycles. The van der Waals surface area contributed by atoms with Crippen molar-refractivity contribution in [2.75, 3.05) is 25.7 Å². The van der Waals surface area contributed by atoms with E-state index in [9.17, 15) is 13.2 Å². The summed E-state index contributed by atoms with van der Waals surface area (Å²) in [6, 6.07) is 6.44. The van der Waals surface area contributed by atoms with Gasteiger partial charge in [0.25, 0.3) is 0 Å². The molecule has 1 aromatic carbocycles. The van der Waals surface area contributed by atoms with Crippen LogP contribution >= 0.6 is 15.9 Å². The van der Waals surface area contributed by atoms with Crippen LogP contribution in [-0.2, 0) is 9.84 Å². The van der Waals surface area contributed by atoms with Crippen LogP contribution in [0.3, 0.4) is 0 Å². The Balaban J connectivity index is 1.97. The highest BCUT2D eigenvalue weighted by molar-refractivity contribution is 9.10. The SMILES string of the molecule is CCOc1cc(C(CS(C)(=O)=O)n2c(=O)n(C3CC3)c3cc(Br)cnc32)ccc1OC. The Morgan fingerprint density at radius 1 is 1.26 bits per heavy atom. The van der Waals surface area contributed by atoms with Crippen LogP contribution in [0.1, 0.15) is 37.4 Å². The number of imidazole rings is 1. The normalized spacial score (nSPS) is 15.2. The van der Waals surface area contributed by atoms with Crippen LogP contribution in [0, 0.1) is 0 Å². The number of hydrogen-bond donors (Lipinski definition) is 0. The minimum atomic E-state index is -3.43. The van der Waals surface area contributed by atoms with Crippen molar-refractivity contribution in [1.82, 2.24) is 14.1 Å². The molecule has 4 rings (SSSR count). The number of aromatic nitrogens is 3. The molecule has 0 radical (unpaired) electrons. The van der Waals surface area contributed by atoms with Gasteiger partial charge in [-0.15, -0.1) is 0 Å². The van der Waals surface area contributed by atoms with Gasteiger partial charge in [0.05, 0.1) is 31.0 Å². The minimum Gasteiger partial charge on any atom is -0.493 e. The number of benzene rings is 1. The van der Waals surface area contributed by atoms with E-state index in [0.29, 0.717) is 34.8 Å². The molecule has 2 aromatic heterocycles. The molecule has 1 aliphatic carbocycles. The Morgan fingerprint density at radius 3 is 2.61 bits per heavy atom. The lowest BCUT2D eigenvalue weighted by molar-refractivity contribution is 0.310. The van der Waals surface area contributed by atoms with E-state index < -0.39 is 15.9 Å². The number of fused-ring (bicyclic) bond motifs is 1. The van der Waals surface area contributed by atoms with E-state index in [1.807, 2.05) is 13.0 Å². The molecule has 1 atom stereocenters. The van der Waals surface area contributed by atoms with Gasteiger partial charge in [-0.2, -0.15) is 0 Å². The molecule has 1 unspecified atom stereocenters. The topological polar surface area (TPSA) is 92.4 Å². The highest BCUT2D eigenvalue weighted by Gasteiger charge is 2.33. The minimum absolute atomic E-state index is 0.112. The molecule has 0 bridgehead atoms. The second-order valence-corrected chi connectivity index (χ2v) is 10.8. The predicted molar refractivity (Wildman–Crippen MR) is 122 cm³/mol. The molecule has 0 spiro atoms. The maximum atomic E-state index is 13.5. The van der Waals surface area contributed by atoms with Crippen molar-refractivity contribution in [2.24, 2.45) is 0 Å². The van der Waals surface area contributed by atoms with Crippen LogP contribution < -0.4 is 15.2 Å². The fourth-order valence-electron chi connectivity index (χ4n) is 3.84. The van der Waals surface area contributed by atoms with Crippen molar-refractivity contribution in [1.29, 1.82) is 0 Å². The van der Waals surface area contributed by atoms with E-state index >= 15 is 0 Å². The summed E-state index contributed by atoms with van der Waals surface area (Å²) >= 11 is 3.43. The van der Waals surface area contributed by atoms with Crippen molar-refractivity contribution < 1.29 is 17.9 Å². The highest BCUT2D eigenvalue weighted by Crippen LogP contribution is 2.38. The van der Waals surface area contributed by atoms with Crippen molar-refractivity contribution in [3.05, 3.63) is 51.0 Å². The number of sulfone groups is 1. The maximum absolute atomic E-state index is 13.5. The monoisotopic (exact) mass is 509 g/mol. The fourth-order valence-corrected chi connectivity index (χ4v) is 5.07. The highest BCUT2D eigenvalue weighted by atomic mass is 79.9. The zero-order chi connectivity index (χ0) is 22.3. The molecule has 1 saturated carbocycles. The first-order valence-electron chi connectivity index (χ1n) is 10.00. The Hall–Kier alpha value is -2.33. The third kappa shape index (κ3) is 4.36. The van der Waals surface area contributed by atoms with E-state index in [1.165, 1.54) is 10.8 Å². The Labute approximate surface area is 188 Å². The van der Waals surface area contributed by atoms with Gasteiger partial charge in [0, 0.05) is 23.0 Å². The van der Waals surface area contributed by atoms with Crippen LogP contribution in [0.5, 0.6) is 11.5 Å². The van der Waals surface area contributed by atoms with E-state index in [2.05, 4.69) is 20.9 Å². The first-order valence-corrected chi connectivity index (χ1v) is 12.8. The Kier molecular flexibility index (Phi) is 5.87. The van der Waals surface area contributed by atoms with E-state index in [1.54, 1.807) is 36.1 Å². The van der Waals surface area contributed by atoms with Gasteiger partial charge in [0.1, 0.15) is 9.84 Å². The van der Waals surface area contributed by atoms with Crippen LogP contribution in [0.2, 0.25) is 0 Å². The van der Waals surface area contributed by atoms with Gasteiger partial charge >= 0.3 is 5.69 Å². The molecule has 0 saturated heterocycles. The number of rotatable bonds is 8. The molecular weight excluding hydrogens is 486 g/mol. The lowest BCUT2D eigenvalue weighted by Crippen LogP contribution is -2.31. The summed E-state index contributed by atoms with van der Waals surface area (Å²) in [6.45, 7) is 2.28. The summed E-state index contributed by atoms with van der Waals surface area (Å²) in [5.41, 5.74) is 1.53. The zero-order valence-corrected chi connectivity index (χ0v) is 19.9. The molecule has 31 heavy (non-hydrogen) atoms. The Bertz CT molecular complexity index is 1290. The van der Waals surface area contributed by atoms with Crippen molar-refractivity contribution in [3.63, 3.8) is 0 Å². The van der Waals surface area contributed by atoms with E-state index in [0.717, 1.165) is 17.3 Å². The van der Waals surface area contributed by atoms with Gasteiger partial charge in [-0.25, -0.2) is 18.2 Å². The van der Waals surface area contributed by atoms with Gasteiger partial charge in [0.2, 0.25) is 0 Å². The van der Waals surface area contributed by atoms with Crippen LogP contribution in [0.25, 0.3) is 11.2 Å². The van der Waals surface area contributed by atoms with Gasteiger partial charge in [-0.1, -0.05) is 6.07 Å². The molecule has 1 aliphatic rings. The molecule has 10 heteroatoms. The van der Waals surface area contributed by atoms with Crippen LogP contribution in [0.15, 0.2) is 39.7 Å². The van der Waals surface area contributed by atoms with E-state index in [4.69, 9.17) is 9.47 Å². The molecular formula is C21H24BrN3O5S. The Morgan fingerprint density at radius 2 is 2.00 bits per heavy atom. The third-order valence-electron chi connectivity index (χ3n) is 5.27. The first kappa shape index (κ1) is 21.9. The summed E-state index contributed by atoms with van der Waals surface area (Å²) < 4.78 is 39.8. The maximum Gasteiger partial charge on any atom is 0.331 e. The first-order chi connectivity index (χ1) is 14.7. The predicted octanol–water partition coefficient (Wildman–Crippen LogP) is 3.34. The largest absolute Gasteiger partial charge is 0.493 e. The van der Waals surface area contributed by atoms with Crippen LogP contribution in [0.4, 0.5) is 0 Å². The zero-order valence-electron chi connectivity index (χ0n) is 17.5. The smallest absolute Gasteiger partial charge is 0.331 e. The van der Waals surface area contributed by atoms with Crippen molar-refractivity contribution in [3.8, 4) is 11.5 Å². The van der Waals surface area contributed by atoms with E-state index in [-0.39, 0.29) is 17.5 Å². The summed E-state index contributed by atoms with van der Waals surface area (Å²) in [6.07, 6.45) is 4.62. The number of nitrogens with zero attached hydrogens (tertiary/aromatic N) is 3. The fraction of sp³-hybridized carbons (Fsp3) is 0.429. The van der Waals surface area contributed by atoms with Gasteiger partial charge in [-0.05, 0) is 59.5 Å². The summed E-state index contributed by atoms with van der Waals surface area (Å²) in [7, 11) is -1.88. The average Bonchev–Trinajstić information content (AvgIpc) is 3.49. The lowest BCUT2D eigenvalue weighted by atomic mass is 10.1. The second-order valence-electron chi connectivity index (χ2n) is 7.70. The summed E-state index contributed by atoms with van der Waals surface area (Å²) in [5, 5.41) is 0. The molecule has 166 valence electrons. The average molecular weight is 510 g/mol. The quantitative estimate of drug-likeness (QED) is 0.462. The number of halogens is 1. The second kappa shape index (κ2) is 8.31.